The van der Waals surface area contributed by atoms with Crippen LogP contribution in [0.1, 0.15) is 46.5 Å². The van der Waals surface area contributed by atoms with E-state index in [0.29, 0.717) is 0 Å². The molecule has 0 saturated carbocycles. The summed E-state index contributed by atoms with van der Waals surface area (Å²) in [5.74, 6) is -0.0484. The monoisotopic (exact) mass is 282 g/mol. The molecular formula is C15H26N2O3. The van der Waals surface area contributed by atoms with Gasteiger partial charge in [-0.1, -0.05) is 0 Å². The third-order valence-electron chi connectivity index (χ3n) is 4.77. The lowest BCUT2D eigenvalue weighted by Gasteiger charge is -2.43. The maximum Gasteiger partial charge on any atom is 0.326 e. The van der Waals surface area contributed by atoms with E-state index in [2.05, 4.69) is 4.90 Å². The fourth-order valence-electron chi connectivity index (χ4n) is 3.60. The van der Waals surface area contributed by atoms with Crippen molar-refractivity contribution >= 4 is 11.9 Å². The van der Waals surface area contributed by atoms with Crippen molar-refractivity contribution in [1.82, 2.24) is 9.80 Å². The Labute approximate surface area is 121 Å². The number of amides is 1. The summed E-state index contributed by atoms with van der Waals surface area (Å²) in [6, 6.07) is 0.0510. The molecular weight excluding hydrogens is 256 g/mol. The highest BCUT2D eigenvalue weighted by molar-refractivity contribution is 5.86. The van der Waals surface area contributed by atoms with E-state index in [-0.39, 0.29) is 24.0 Å². The summed E-state index contributed by atoms with van der Waals surface area (Å²) in [5.41, 5.74) is -0.644. The summed E-state index contributed by atoms with van der Waals surface area (Å²) in [6.45, 7) is 7.63. The minimum absolute atomic E-state index is 0.169. The Bertz CT molecular complexity index is 397. The molecule has 5 nitrogen and oxygen atoms in total. The topological polar surface area (TPSA) is 49.9 Å². The van der Waals surface area contributed by atoms with Gasteiger partial charge in [-0.3, -0.25) is 14.5 Å². The van der Waals surface area contributed by atoms with Crippen molar-refractivity contribution in [1.29, 1.82) is 0 Å². The van der Waals surface area contributed by atoms with E-state index in [4.69, 9.17) is 4.74 Å². The van der Waals surface area contributed by atoms with Crippen LogP contribution in [0.4, 0.5) is 0 Å². The molecule has 0 spiro atoms. The van der Waals surface area contributed by atoms with E-state index in [1.165, 1.54) is 7.11 Å². The first-order valence-electron chi connectivity index (χ1n) is 7.57. The molecule has 20 heavy (non-hydrogen) atoms. The lowest BCUT2D eigenvalue weighted by molar-refractivity contribution is -0.158. The van der Waals surface area contributed by atoms with Gasteiger partial charge in [-0.05, 0) is 46.5 Å². The number of esters is 1. The van der Waals surface area contributed by atoms with Gasteiger partial charge in [0.1, 0.15) is 5.54 Å². The lowest BCUT2D eigenvalue weighted by Crippen LogP contribution is -2.60. The van der Waals surface area contributed by atoms with Crippen LogP contribution >= 0.6 is 0 Å². The predicted molar refractivity (Wildman–Crippen MR) is 76.2 cm³/mol. The van der Waals surface area contributed by atoms with Gasteiger partial charge in [0.05, 0.1) is 13.2 Å². The molecule has 0 bridgehead atoms. The zero-order valence-corrected chi connectivity index (χ0v) is 13.0. The molecule has 114 valence electrons. The van der Waals surface area contributed by atoms with Gasteiger partial charge < -0.3 is 9.64 Å². The average molecular weight is 282 g/mol. The first kappa shape index (κ1) is 15.3. The Hall–Kier alpha value is -1.10. The molecule has 0 aromatic heterocycles. The molecule has 0 aliphatic carbocycles. The van der Waals surface area contributed by atoms with Gasteiger partial charge in [0, 0.05) is 19.1 Å². The van der Waals surface area contributed by atoms with Crippen LogP contribution in [-0.4, -0.2) is 59.5 Å². The molecule has 0 unspecified atom stereocenters. The minimum Gasteiger partial charge on any atom is -0.468 e. The summed E-state index contributed by atoms with van der Waals surface area (Å²) in [6.07, 6.45) is 3.55. The van der Waals surface area contributed by atoms with E-state index in [1.54, 1.807) is 0 Å². The summed E-state index contributed by atoms with van der Waals surface area (Å²) in [4.78, 5) is 28.8. The largest absolute Gasteiger partial charge is 0.468 e. The highest BCUT2D eigenvalue weighted by Gasteiger charge is 2.50. The number of methoxy groups -OCH3 is 1. The number of ether oxygens (including phenoxy) is 1. The van der Waals surface area contributed by atoms with E-state index in [1.807, 2.05) is 25.7 Å². The summed E-state index contributed by atoms with van der Waals surface area (Å²) < 4.78 is 4.96. The average Bonchev–Trinajstić information content (AvgIpc) is 2.81. The van der Waals surface area contributed by atoms with Crippen LogP contribution in [-0.2, 0) is 14.3 Å². The van der Waals surface area contributed by atoms with E-state index in [0.717, 1.165) is 38.8 Å². The minimum atomic E-state index is -0.644. The molecule has 1 amide bonds. The highest BCUT2D eigenvalue weighted by Crippen LogP contribution is 2.35. The molecule has 2 saturated heterocycles. The van der Waals surface area contributed by atoms with Gasteiger partial charge in [0.25, 0.3) is 0 Å². The van der Waals surface area contributed by atoms with Crippen molar-refractivity contribution in [3.63, 3.8) is 0 Å². The van der Waals surface area contributed by atoms with Crippen molar-refractivity contribution in [3.05, 3.63) is 0 Å². The second kappa shape index (κ2) is 5.72. The van der Waals surface area contributed by atoms with Gasteiger partial charge in [-0.25, -0.2) is 0 Å². The van der Waals surface area contributed by atoms with Gasteiger partial charge >= 0.3 is 5.97 Å². The fraction of sp³-hybridized carbons (Fsp3) is 0.867. The standard InChI is InChI=1S/C15H26N2O3/c1-11(2)16-9-5-7-12(13(16)18)17-10-6-8-15(17,3)14(19)20-4/h11-12H,5-10H2,1-4H3/t12-,15-/m1/s1. The van der Waals surface area contributed by atoms with Crippen molar-refractivity contribution in [2.75, 3.05) is 20.2 Å². The van der Waals surface area contributed by atoms with E-state index >= 15 is 0 Å². The van der Waals surface area contributed by atoms with Crippen LogP contribution in [0.3, 0.4) is 0 Å². The number of likely N-dealkylation sites (tertiary alicyclic amines) is 2. The Morgan fingerprint density at radius 2 is 2.05 bits per heavy atom. The zero-order valence-electron chi connectivity index (χ0n) is 13.0. The predicted octanol–water partition coefficient (Wildman–Crippen LogP) is 1.41. The van der Waals surface area contributed by atoms with E-state index in [9.17, 15) is 9.59 Å². The molecule has 2 heterocycles. The lowest BCUT2D eigenvalue weighted by atomic mass is 9.94. The van der Waals surface area contributed by atoms with Crippen LogP contribution < -0.4 is 0 Å². The number of piperidine rings is 1. The molecule has 0 radical (unpaired) electrons. The number of hydrogen-bond donors (Lipinski definition) is 0. The maximum absolute atomic E-state index is 12.7. The van der Waals surface area contributed by atoms with Crippen LogP contribution in [0.15, 0.2) is 0 Å². The molecule has 2 atom stereocenters. The zero-order chi connectivity index (χ0) is 14.9. The van der Waals surface area contributed by atoms with Crippen LogP contribution in [0.2, 0.25) is 0 Å². The summed E-state index contributed by atoms with van der Waals surface area (Å²) >= 11 is 0. The first-order chi connectivity index (χ1) is 9.41. The Balaban J connectivity index is 2.21. The molecule has 2 aliphatic rings. The van der Waals surface area contributed by atoms with Crippen molar-refractivity contribution in [2.45, 2.75) is 64.1 Å². The maximum atomic E-state index is 12.7. The Kier molecular flexibility index (Phi) is 4.37. The Morgan fingerprint density at radius 1 is 1.35 bits per heavy atom. The Morgan fingerprint density at radius 3 is 2.65 bits per heavy atom. The molecule has 0 N–H and O–H groups in total. The van der Waals surface area contributed by atoms with Gasteiger partial charge in [0.2, 0.25) is 5.91 Å². The number of rotatable bonds is 3. The molecule has 0 aromatic carbocycles. The van der Waals surface area contributed by atoms with Gasteiger partial charge in [0.15, 0.2) is 0 Å². The second-order valence-electron chi connectivity index (χ2n) is 6.35. The first-order valence-corrected chi connectivity index (χ1v) is 7.57. The van der Waals surface area contributed by atoms with Crippen LogP contribution in [0.25, 0.3) is 0 Å². The molecule has 0 aromatic rings. The quantitative estimate of drug-likeness (QED) is 0.735. The summed E-state index contributed by atoms with van der Waals surface area (Å²) in [7, 11) is 1.42. The second-order valence-corrected chi connectivity index (χ2v) is 6.35. The summed E-state index contributed by atoms with van der Waals surface area (Å²) in [5, 5.41) is 0. The fourth-order valence-corrected chi connectivity index (χ4v) is 3.60. The number of carbonyl (C=O) groups is 2. The number of carbonyl (C=O) groups excluding carboxylic acids is 2. The third kappa shape index (κ3) is 2.43. The van der Waals surface area contributed by atoms with Crippen LogP contribution in [0, 0.1) is 0 Å². The highest BCUT2D eigenvalue weighted by atomic mass is 16.5. The third-order valence-corrected chi connectivity index (χ3v) is 4.77. The van der Waals surface area contributed by atoms with Gasteiger partial charge in [-0.15, -0.1) is 0 Å². The SMILES string of the molecule is COC(=O)[C@@]1(C)CCCN1[C@@H]1CCCN(C(C)C)C1=O. The smallest absolute Gasteiger partial charge is 0.326 e. The normalized spacial score (nSPS) is 31.9. The molecule has 2 rings (SSSR count). The van der Waals surface area contributed by atoms with Gasteiger partial charge in [-0.2, -0.15) is 0 Å². The number of nitrogens with zero attached hydrogens (tertiary/aromatic N) is 2. The van der Waals surface area contributed by atoms with Crippen LogP contribution in [0.5, 0.6) is 0 Å². The number of hydrogen-bond acceptors (Lipinski definition) is 4. The van der Waals surface area contributed by atoms with Crippen molar-refractivity contribution in [2.24, 2.45) is 0 Å². The van der Waals surface area contributed by atoms with E-state index < -0.39 is 5.54 Å². The van der Waals surface area contributed by atoms with Crippen molar-refractivity contribution in [3.8, 4) is 0 Å². The molecule has 2 aliphatic heterocycles. The molecule has 2 fully saturated rings. The van der Waals surface area contributed by atoms with Crippen molar-refractivity contribution < 1.29 is 14.3 Å². The molecule has 5 heteroatoms.